The second kappa shape index (κ2) is 13.9. The molecule has 1 heterocycles. The number of alkyl halides is 3. The van der Waals surface area contributed by atoms with Crippen LogP contribution in [-0.2, 0) is 29.0 Å². The normalized spacial score (nSPS) is 18.7. The summed E-state index contributed by atoms with van der Waals surface area (Å²) in [5.41, 5.74) is -3.36. The number of phosphoric ester groups is 1. The van der Waals surface area contributed by atoms with Gasteiger partial charge in [0.05, 0.1) is 30.0 Å². The first kappa shape index (κ1) is 34.3. The van der Waals surface area contributed by atoms with Crippen LogP contribution >= 0.6 is 7.82 Å². The van der Waals surface area contributed by atoms with Gasteiger partial charge in [-0.25, -0.2) is 9.56 Å². The molecule has 228 valence electrons. The van der Waals surface area contributed by atoms with E-state index in [-0.39, 0.29) is 25.6 Å². The Labute approximate surface area is 237 Å². The number of ether oxygens (including phenoxy) is 2. The van der Waals surface area contributed by atoms with E-state index in [0.29, 0.717) is 17.9 Å². The highest BCUT2D eigenvalue weighted by Crippen LogP contribution is 2.56. The predicted octanol–water partition coefficient (Wildman–Crippen LogP) is 9.01. The molecule has 0 fully saturated rings. The van der Waals surface area contributed by atoms with Gasteiger partial charge >= 0.3 is 14.0 Å². The van der Waals surface area contributed by atoms with Crippen LogP contribution in [0.3, 0.4) is 0 Å². The zero-order valence-electron chi connectivity index (χ0n) is 25.0. The molecular formula is C29H45F3NO6P. The van der Waals surface area contributed by atoms with Gasteiger partial charge in [-0.3, -0.25) is 13.6 Å². The molecule has 0 spiro atoms. The number of aliphatic imine (C=N–C) groups is 1. The molecule has 1 aromatic carbocycles. The van der Waals surface area contributed by atoms with Crippen molar-refractivity contribution in [1.29, 1.82) is 0 Å². The van der Waals surface area contributed by atoms with E-state index in [4.69, 9.17) is 23.0 Å². The summed E-state index contributed by atoms with van der Waals surface area (Å²) in [7, 11) is -4.05. The van der Waals surface area contributed by atoms with Crippen LogP contribution in [-0.4, -0.2) is 42.5 Å². The van der Waals surface area contributed by atoms with Gasteiger partial charge in [0.15, 0.2) is 5.90 Å². The SMILES string of the molecule is CCCCCCCOc1ccc(C=CC2(COP(=O)(OC(C)(C)C)OC(C)(C)C)COC(C)=N2)cc1C(F)(F)F. The fraction of sp³-hybridized carbons (Fsp3) is 0.690. The Morgan fingerprint density at radius 1 is 1.02 bits per heavy atom. The number of halogens is 3. The molecule has 1 unspecified atom stereocenters. The average molecular weight is 592 g/mol. The summed E-state index contributed by atoms with van der Waals surface area (Å²) in [6, 6.07) is 3.93. The van der Waals surface area contributed by atoms with Gasteiger partial charge < -0.3 is 9.47 Å². The van der Waals surface area contributed by atoms with Gasteiger partial charge in [-0.2, -0.15) is 13.2 Å². The molecule has 0 saturated carbocycles. The number of rotatable bonds is 14. The van der Waals surface area contributed by atoms with Crippen molar-refractivity contribution in [1.82, 2.24) is 0 Å². The Bertz CT molecular complexity index is 1050. The number of hydrogen-bond donors (Lipinski definition) is 0. The average Bonchev–Trinajstić information content (AvgIpc) is 3.17. The summed E-state index contributed by atoms with van der Waals surface area (Å²) in [6.45, 7) is 14.1. The molecule has 0 aliphatic carbocycles. The molecule has 40 heavy (non-hydrogen) atoms. The van der Waals surface area contributed by atoms with Gasteiger partial charge in [-0.1, -0.05) is 50.8 Å². The van der Waals surface area contributed by atoms with Gasteiger partial charge in [0.1, 0.15) is 17.9 Å². The first-order valence-electron chi connectivity index (χ1n) is 13.7. The monoisotopic (exact) mass is 591 g/mol. The van der Waals surface area contributed by atoms with E-state index in [1.54, 1.807) is 60.6 Å². The van der Waals surface area contributed by atoms with E-state index in [1.165, 1.54) is 12.1 Å². The van der Waals surface area contributed by atoms with Crippen LogP contribution in [0.25, 0.3) is 6.08 Å². The van der Waals surface area contributed by atoms with E-state index in [0.717, 1.165) is 31.7 Å². The number of hydrogen-bond acceptors (Lipinski definition) is 7. The first-order chi connectivity index (χ1) is 18.4. The van der Waals surface area contributed by atoms with Gasteiger partial charge in [-0.05, 0) is 65.7 Å². The molecule has 0 saturated heterocycles. The smallest absolute Gasteiger partial charge is 0.475 e. The van der Waals surface area contributed by atoms with Crippen molar-refractivity contribution in [2.24, 2.45) is 4.99 Å². The molecule has 0 radical (unpaired) electrons. The highest BCUT2D eigenvalue weighted by Gasteiger charge is 2.42. The molecule has 1 aliphatic heterocycles. The Morgan fingerprint density at radius 2 is 1.65 bits per heavy atom. The standard InChI is InChI=1S/C29H45F3NO6P/c1-9-10-11-12-13-18-35-25-15-14-23(19-24(25)29(30,31)32)16-17-28(20-36-22(2)33-28)21-37-40(34,38-26(3,4)5)39-27(6,7)8/h14-17,19H,9-13,18,20-21H2,1-8H3. The van der Waals surface area contributed by atoms with Crippen LogP contribution in [0.4, 0.5) is 13.2 Å². The lowest BCUT2D eigenvalue weighted by atomic mass is 10.0. The summed E-state index contributed by atoms with van der Waals surface area (Å²) in [6.07, 6.45) is 3.34. The Balaban J connectivity index is 2.26. The molecule has 0 aromatic heterocycles. The van der Waals surface area contributed by atoms with Gasteiger partial charge in [0.25, 0.3) is 0 Å². The Kier molecular flexibility index (Phi) is 11.9. The largest absolute Gasteiger partial charge is 0.493 e. The van der Waals surface area contributed by atoms with Crippen LogP contribution in [0.5, 0.6) is 5.75 Å². The lowest BCUT2D eigenvalue weighted by molar-refractivity contribution is -0.139. The molecule has 0 bridgehead atoms. The Morgan fingerprint density at radius 3 is 2.17 bits per heavy atom. The van der Waals surface area contributed by atoms with Crippen LogP contribution in [0, 0.1) is 0 Å². The number of nitrogens with zero attached hydrogens (tertiary/aromatic N) is 1. The second-order valence-corrected chi connectivity index (χ2v) is 13.5. The van der Waals surface area contributed by atoms with Crippen molar-refractivity contribution in [3.8, 4) is 5.75 Å². The lowest BCUT2D eigenvalue weighted by Gasteiger charge is -2.32. The van der Waals surface area contributed by atoms with Crippen molar-refractivity contribution in [2.45, 2.75) is 110 Å². The van der Waals surface area contributed by atoms with Crippen molar-refractivity contribution in [2.75, 3.05) is 19.8 Å². The highest BCUT2D eigenvalue weighted by atomic mass is 31.2. The molecule has 0 amide bonds. The summed E-state index contributed by atoms with van der Waals surface area (Å²) < 4.78 is 83.3. The summed E-state index contributed by atoms with van der Waals surface area (Å²) in [5.74, 6) is 0.172. The highest BCUT2D eigenvalue weighted by molar-refractivity contribution is 7.48. The van der Waals surface area contributed by atoms with Gasteiger partial charge in [0.2, 0.25) is 0 Å². The fourth-order valence-electron chi connectivity index (χ4n) is 3.89. The van der Waals surface area contributed by atoms with Crippen LogP contribution in [0.1, 0.15) is 98.6 Å². The molecular weight excluding hydrogens is 546 g/mol. The third-order valence-corrected chi connectivity index (χ3v) is 7.54. The topological polar surface area (TPSA) is 75.6 Å². The molecule has 0 N–H and O–H groups in total. The van der Waals surface area contributed by atoms with Crippen LogP contribution in [0.15, 0.2) is 29.3 Å². The third kappa shape index (κ3) is 11.9. The molecule has 1 atom stereocenters. The lowest BCUT2D eigenvalue weighted by Crippen LogP contribution is -2.33. The van der Waals surface area contributed by atoms with E-state index in [1.807, 2.05) is 0 Å². The minimum absolute atomic E-state index is 0.0473. The molecule has 7 nitrogen and oxygen atoms in total. The number of benzene rings is 1. The van der Waals surface area contributed by atoms with Gasteiger partial charge in [-0.15, -0.1) is 0 Å². The molecule has 1 aromatic rings. The van der Waals surface area contributed by atoms with E-state index >= 15 is 0 Å². The van der Waals surface area contributed by atoms with Gasteiger partial charge in [0, 0.05) is 6.92 Å². The maximum absolute atomic E-state index is 13.9. The van der Waals surface area contributed by atoms with Crippen LogP contribution in [0.2, 0.25) is 0 Å². The first-order valence-corrected chi connectivity index (χ1v) is 15.2. The molecule has 2 rings (SSSR count). The maximum atomic E-state index is 13.9. The fourth-order valence-corrected chi connectivity index (χ4v) is 5.75. The van der Waals surface area contributed by atoms with E-state index in [2.05, 4.69) is 11.9 Å². The van der Waals surface area contributed by atoms with Crippen LogP contribution < -0.4 is 4.74 Å². The van der Waals surface area contributed by atoms with E-state index in [9.17, 15) is 17.7 Å². The van der Waals surface area contributed by atoms with Crippen molar-refractivity contribution in [3.63, 3.8) is 0 Å². The van der Waals surface area contributed by atoms with Crippen molar-refractivity contribution in [3.05, 3.63) is 35.4 Å². The quantitative estimate of drug-likeness (QED) is 0.159. The minimum Gasteiger partial charge on any atom is -0.493 e. The predicted molar refractivity (Wildman–Crippen MR) is 152 cm³/mol. The minimum atomic E-state index is -4.59. The summed E-state index contributed by atoms with van der Waals surface area (Å²) >= 11 is 0. The second-order valence-electron chi connectivity index (χ2n) is 12.0. The summed E-state index contributed by atoms with van der Waals surface area (Å²) in [4.78, 5) is 4.49. The molecule has 1 aliphatic rings. The summed E-state index contributed by atoms with van der Waals surface area (Å²) in [5, 5.41) is 0. The number of unbranched alkanes of at least 4 members (excludes halogenated alkanes) is 4. The molecule has 11 heteroatoms. The van der Waals surface area contributed by atoms with E-state index < -0.39 is 36.3 Å². The van der Waals surface area contributed by atoms with Crippen molar-refractivity contribution < 1.29 is 40.8 Å². The van der Waals surface area contributed by atoms with Crippen molar-refractivity contribution >= 4 is 19.8 Å². The zero-order valence-corrected chi connectivity index (χ0v) is 25.9. The Hall–Kier alpha value is -1.87. The zero-order chi connectivity index (χ0) is 30.2. The number of phosphoric acid groups is 1. The third-order valence-electron chi connectivity index (χ3n) is 5.56. The maximum Gasteiger partial charge on any atom is 0.475 e.